The minimum Gasteiger partial charge on any atom is -0.376 e. The lowest BCUT2D eigenvalue weighted by molar-refractivity contribution is -0.128. The fourth-order valence-corrected chi connectivity index (χ4v) is 6.37. The van der Waals surface area contributed by atoms with Gasteiger partial charge in [-0.1, -0.05) is 142 Å². The molecule has 0 N–H and O–H groups in total. The molecule has 0 amide bonds. The molecule has 2 aliphatic heterocycles. The maximum atomic E-state index is 6.93. The monoisotopic (exact) mass is 523 g/mol. The Bertz CT molecular complexity index is 428. The van der Waals surface area contributed by atoms with Crippen molar-refractivity contribution in [2.45, 2.75) is 205 Å². The Morgan fingerprint density at radius 3 is 1.11 bits per heavy atom. The van der Waals surface area contributed by atoms with Crippen LogP contribution in [0.1, 0.15) is 181 Å². The second kappa shape index (κ2) is 23.7. The van der Waals surface area contributed by atoms with Crippen LogP contribution in [0.15, 0.2) is 0 Å². The summed E-state index contributed by atoms with van der Waals surface area (Å²) in [5.41, 5.74) is 0. The molecular weight excluding hydrogens is 456 g/mol. The average molecular weight is 523 g/mol. The van der Waals surface area contributed by atoms with Crippen LogP contribution >= 0.6 is 0 Å². The molecule has 3 nitrogen and oxygen atoms in total. The molecule has 0 aliphatic carbocycles. The van der Waals surface area contributed by atoms with E-state index in [4.69, 9.17) is 14.2 Å². The molecule has 0 spiro atoms. The van der Waals surface area contributed by atoms with Gasteiger partial charge in [0, 0.05) is 13.2 Å². The van der Waals surface area contributed by atoms with Gasteiger partial charge in [-0.15, -0.1) is 0 Å². The molecule has 0 aromatic rings. The minimum absolute atomic E-state index is 0.272. The first-order valence-electron chi connectivity index (χ1n) is 17.2. The van der Waals surface area contributed by atoms with Crippen LogP contribution in [-0.2, 0) is 14.2 Å². The maximum absolute atomic E-state index is 6.93. The highest BCUT2D eigenvalue weighted by atomic mass is 16.6. The highest BCUT2D eigenvalue weighted by Gasteiger charge is 2.33. The smallest absolute Gasteiger partial charge is 0.0841 e. The SMILES string of the molecule is CCCCCCCCCCCCC(OC(CCCCCCCCCCCC)C1CCCO1)C1CCCO1. The van der Waals surface area contributed by atoms with Gasteiger partial charge in [-0.05, 0) is 38.5 Å². The highest BCUT2D eigenvalue weighted by Crippen LogP contribution is 2.29. The van der Waals surface area contributed by atoms with Gasteiger partial charge in [0.05, 0.1) is 24.4 Å². The van der Waals surface area contributed by atoms with Crippen LogP contribution in [0.2, 0.25) is 0 Å². The molecule has 2 rings (SSSR count). The molecule has 0 aromatic carbocycles. The van der Waals surface area contributed by atoms with Crippen molar-refractivity contribution in [3.8, 4) is 0 Å². The molecule has 0 saturated carbocycles. The van der Waals surface area contributed by atoms with Crippen molar-refractivity contribution in [3.05, 3.63) is 0 Å². The zero-order valence-corrected chi connectivity index (χ0v) is 25.3. The third kappa shape index (κ3) is 16.6. The van der Waals surface area contributed by atoms with Gasteiger partial charge in [-0.25, -0.2) is 0 Å². The lowest BCUT2D eigenvalue weighted by Crippen LogP contribution is -2.38. The van der Waals surface area contributed by atoms with E-state index in [0.29, 0.717) is 12.2 Å². The summed E-state index contributed by atoms with van der Waals surface area (Å²) in [6, 6.07) is 0. The van der Waals surface area contributed by atoms with Gasteiger partial charge >= 0.3 is 0 Å². The summed E-state index contributed by atoms with van der Waals surface area (Å²) in [7, 11) is 0. The van der Waals surface area contributed by atoms with Crippen LogP contribution < -0.4 is 0 Å². The van der Waals surface area contributed by atoms with E-state index in [9.17, 15) is 0 Å². The van der Waals surface area contributed by atoms with E-state index < -0.39 is 0 Å². The van der Waals surface area contributed by atoms with Gasteiger partial charge in [0.25, 0.3) is 0 Å². The molecular formula is C34H66O3. The molecule has 220 valence electrons. The summed E-state index contributed by atoms with van der Waals surface area (Å²) in [4.78, 5) is 0. The Morgan fingerprint density at radius 1 is 0.486 bits per heavy atom. The van der Waals surface area contributed by atoms with Crippen LogP contribution in [0, 0.1) is 0 Å². The molecule has 2 saturated heterocycles. The lowest BCUT2D eigenvalue weighted by Gasteiger charge is -2.31. The first-order chi connectivity index (χ1) is 18.3. The van der Waals surface area contributed by atoms with Crippen molar-refractivity contribution in [1.29, 1.82) is 0 Å². The molecule has 4 unspecified atom stereocenters. The molecule has 0 bridgehead atoms. The molecule has 0 aromatic heterocycles. The fraction of sp³-hybridized carbons (Fsp3) is 1.00. The summed E-state index contributed by atoms with van der Waals surface area (Å²) >= 11 is 0. The molecule has 37 heavy (non-hydrogen) atoms. The molecule has 3 heteroatoms. The van der Waals surface area contributed by atoms with Crippen molar-refractivity contribution in [1.82, 2.24) is 0 Å². The number of ether oxygens (including phenoxy) is 3. The van der Waals surface area contributed by atoms with E-state index in [0.717, 1.165) is 13.2 Å². The third-order valence-corrected chi connectivity index (χ3v) is 8.79. The van der Waals surface area contributed by atoms with Gasteiger partial charge in [-0.3, -0.25) is 0 Å². The summed E-state index contributed by atoms with van der Waals surface area (Å²) < 4.78 is 19.3. The van der Waals surface area contributed by atoms with Gasteiger partial charge in [0.1, 0.15) is 0 Å². The largest absolute Gasteiger partial charge is 0.376 e. The van der Waals surface area contributed by atoms with E-state index in [-0.39, 0.29) is 12.2 Å². The van der Waals surface area contributed by atoms with E-state index in [1.165, 1.54) is 167 Å². The summed E-state index contributed by atoms with van der Waals surface area (Å²) in [6.07, 6.45) is 36.1. The van der Waals surface area contributed by atoms with Crippen molar-refractivity contribution in [3.63, 3.8) is 0 Å². The second-order valence-electron chi connectivity index (χ2n) is 12.3. The van der Waals surface area contributed by atoms with Crippen molar-refractivity contribution in [2.75, 3.05) is 13.2 Å². The maximum Gasteiger partial charge on any atom is 0.0841 e. The molecule has 2 aliphatic rings. The van der Waals surface area contributed by atoms with Crippen molar-refractivity contribution >= 4 is 0 Å². The zero-order chi connectivity index (χ0) is 26.2. The quantitative estimate of drug-likeness (QED) is 0.106. The van der Waals surface area contributed by atoms with E-state index in [1.807, 2.05) is 0 Å². The Kier molecular flexibility index (Phi) is 21.2. The Balaban J connectivity index is 1.65. The van der Waals surface area contributed by atoms with Gasteiger partial charge in [-0.2, -0.15) is 0 Å². The first-order valence-corrected chi connectivity index (χ1v) is 17.2. The predicted octanol–water partition coefficient (Wildman–Crippen LogP) is 10.7. The number of unbranched alkanes of at least 4 members (excludes halogenated alkanes) is 18. The summed E-state index contributed by atoms with van der Waals surface area (Å²) in [5.74, 6) is 0. The summed E-state index contributed by atoms with van der Waals surface area (Å²) in [6.45, 7) is 6.44. The Morgan fingerprint density at radius 2 is 0.811 bits per heavy atom. The van der Waals surface area contributed by atoms with Crippen molar-refractivity contribution in [2.24, 2.45) is 0 Å². The van der Waals surface area contributed by atoms with Crippen LogP contribution in [0.25, 0.3) is 0 Å². The Labute approximate surface area is 232 Å². The Hall–Kier alpha value is -0.120. The fourth-order valence-electron chi connectivity index (χ4n) is 6.37. The standard InChI is InChI=1S/C34H66O3/c1-3-5-7-9-11-13-15-17-19-21-25-33(31-27-23-29-35-31)37-34(32-28-24-30-36-32)26-22-20-18-16-14-12-10-8-6-4-2/h31-34H,3-30H2,1-2H3. The van der Waals surface area contributed by atoms with E-state index in [2.05, 4.69) is 13.8 Å². The average Bonchev–Trinajstić information content (AvgIpc) is 3.64. The van der Waals surface area contributed by atoms with Crippen molar-refractivity contribution < 1.29 is 14.2 Å². The molecule has 0 radical (unpaired) electrons. The van der Waals surface area contributed by atoms with Crippen LogP contribution in [0.3, 0.4) is 0 Å². The van der Waals surface area contributed by atoms with Gasteiger partial charge < -0.3 is 14.2 Å². The first kappa shape index (κ1) is 33.1. The molecule has 2 heterocycles. The highest BCUT2D eigenvalue weighted by molar-refractivity contribution is 4.81. The van der Waals surface area contributed by atoms with Crippen LogP contribution in [0.4, 0.5) is 0 Å². The zero-order valence-electron chi connectivity index (χ0n) is 25.3. The van der Waals surface area contributed by atoms with Crippen LogP contribution in [0.5, 0.6) is 0 Å². The van der Waals surface area contributed by atoms with Gasteiger partial charge in [0.2, 0.25) is 0 Å². The topological polar surface area (TPSA) is 27.7 Å². The number of hydrogen-bond acceptors (Lipinski definition) is 3. The summed E-state index contributed by atoms with van der Waals surface area (Å²) in [5, 5.41) is 0. The molecule has 2 fully saturated rings. The second-order valence-corrected chi connectivity index (χ2v) is 12.3. The minimum atomic E-state index is 0.272. The third-order valence-electron chi connectivity index (χ3n) is 8.79. The van der Waals surface area contributed by atoms with E-state index >= 15 is 0 Å². The predicted molar refractivity (Wildman–Crippen MR) is 160 cm³/mol. The van der Waals surface area contributed by atoms with Crippen LogP contribution in [-0.4, -0.2) is 37.6 Å². The number of rotatable bonds is 26. The number of hydrogen-bond donors (Lipinski definition) is 0. The normalized spacial score (nSPS) is 21.6. The van der Waals surface area contributed by atoms with Gasteiger partial charge in [0.15, 0.2) is 0 Å². The van der Waals surface area contributed by atoms with E-state index in [1.54, 1.807) is 0 Å². The lowest BCUT2D eigenvalue weighted by atomic mass is 9.99. The molecule has 4 atom stereocenters.